The number of amides is 3. The first-order valence-corrected chi connectivity index (χ1v) is 10.9. The molecule has 2 N–H and O–H groups in total. The normalized spacial score (nSPS) is 15.1. The first-order chi connectivity index (χ1) is 15.3. The number of anilines is 1. The summed E-state index contributed by atoms with van der Waals surface area (Å²) in [6.07, 6.45) is 1.17. The van der Waals surface area contributed by atoms with Crippen LogP contribution in [0, 0.1) is 12.3 Å². The monoisotopic (exact) mass is 459 g/mol. The molecule has 0 spiro atoms. The number of piperidine rings is 1. The molecule has 0 bridgehead atoms. The average Bonchev–Trinajstić information content (AvgIpc) is 2.79. The van der Waals surface area contributed by atoms with Crippen LogP contribution in [0.15, 0.2) is 36.4 Å². The van der Waals surface area contributed by atoms with E-state index in [2.05, 4.69) is 10.6 Å². The molecule has 0 unspecified atom stereocenters. The number of nitrogens with one attached hydrogen (secondary N) is 2. The lowest BCUT2D eigenvalue weighted by Gasteiger charge is -2.38. The fourth-order valence-corrected chi connectivity index (χ4v) is 3.92. The van der Waals surface area contributed by atoms with Gasteiger partial charge in [-0.3, -0.25) is 4.79 Å². The van der Waals surface area contributed by atoms with Gasteiger partial charge in [0.05, 0.1) is 24.9 Å². The van der Waals surface area contributed by atoms with Gasteiger partial charge in [-0.25, -0.2) is 4.79 Å². The molecule has 0 radical (unpaired) electrons. The Bertz CT molecular complexity index is 970. The van der Waals surface area contributed by atoms with E-state index in [9.17, 15) is 9.59 Å². The van der Waals surface area contributed by atoms with E-state index in [1.165, 1.54) is 19.8 Å². The third kappa shape index (κ3) is 5.46. The van der Waals surface area contributed by atoms with Crippen LogP contribution in [-0.2, 0) is 11.3 Å². The van der Waals surface area contributed by atoms with Gasteiger partial charge in [-0.05, 0) is 31.4 Å². The van der Waals surface area contributed by atoms with Crippen molar-refractivity contribution in [2.24, 2.45) is 5.41 Å². The number of carbonyl (C=O) groups excluding carboxylic acids is 2. The summed E-state index contributed by atoms with van der Waals surface area (Å²) in [7, 11) is 3.03. The molecule has 1 aliphatic rings. The summed E-state index contributed by atoms with van der Waals surface area (Å²) in [5, 5.41) is 6.27. The van der Waals surface area contributed by atoms with Crippen LogP contribution in [0.2, 0.25) is 5.02 Å². The van der Waals surface area contributed by atoms with Crippen molar-refractivity contribution in [3.63, 3.8) is 0 Å². The standard InChI is InChI=1S/C24H30ClN3O4/c1-16-5-7-17(8-6-16)15-26-22(29)24(2)9-11-28(12-10-24)23(30)27-19-13-18(25)20(31-3)14-21(19)32-4/h5-8,13-14H,9-12,15H2,1-4H3,(H,26,29)(H,27,30). The number of hydrogen-bond acceptors (Lipinski definition) is 4. The lowest BCUT2D eigenvalue weighted by atomic mass is 9.79. The van der Waals surface area contributed by atoms with E-state index in [4.69, 9.17) is 21.1 Å². The lowest BCUT2D eigenvalue weighted by Crippen LogP contribution is -2.49. The number of carbonyl (C=O) groups is 2. The molecule has 0 aromatic heterocycles. The van der Waals surface area contributed by atoms with E-state index in [-0.39, 0.29) is 11.9 Å². The number of rotatable bonds is 6. The minimum atomic E-state index is -0.511. The van der Waals surface area contributed by atoms with Gasteiger partial charge in [0.15, 0.2) is 0 Å². The highest BCUT2D eigenvalue weighted by molar-refractivity contribution is 6.32. The number of urea groups is 1. The van der Waals surface area contributed by atoms with Gasteiger partial charge in [0.25, 0.3) is 0 Å². The molecule has 7 nitrogen and oxygen atoms in total. The van der Waals surface area contributed by atoms with Crippen molar-refractivity contribution in [2.75, 3.05) is 32.6 Å². The molecule has 3 amide bonds. The predicted octanol–water partition coefficient (Wildman–Crippen LogP) is 4.62. The maximum atomic E-state index is 12.8. The van der Waals surface area contributed by atoms with Gasteiger partial charge in [-0.1, -0.05) is 48.4 Å². The fourth-order valence-electron chi connectivity index (χ4n) is 3.68. The molecule has 32 heavy (non-hydrogen) atoms. The maximum Gasteiger partial charge on any atom is 0.321 e. The topological polar surface area (TPSA) is 79.9 Å². The summed E-state index contributed by atoms with van der Waals surface area (Å²) in [6.45, 7) is 5.45. The second-order valence-electron chi connectivity index (χ2n) is 8.33. The van der Waals surface area contributed by atoms with Crippen molar-refractivity contribution in [1.82, 2.24) is 10.2 Å². The van der Waals surface area contributed by atoms with Crippen molar-refractivity contribution >= 4 is 29.2 Å². The van der Waals surface area contributed by atoms with E-state index in [1.807, 2.05) is 38.1 Å². The van der Waals surface area contributed by atoms with Crippen LogP contribution in [0.25, 0.3) is 0 Å². The first kappa shape index (κ1) is 23.7. The number of methoxy groups -OCH3 is 2. The van der Waals surface area contributed by atoms with Crippen LogP contribution in [0.3, 0.4) is 0 Å². The van der Waals surface area contributed by atoms with Crippen molar-refractivity contribution in [3.05, 3.63) is 52.5 Å². The van der Waals surface area contributed by atoms with E-state index >= 15 is 0 Å². The predicted molar refractivity (Wildman–Crippen MR) is 126 cm³/mol. The van der Waals surface area contributed by atoms with Crippen LogP contribution in [0.5, 0.6) is 11.5 Å². The van der Waals surface area contributed by atoms with Crippen LogP contribution in [0.4, 0.5) is 10.5 Å². The molecule has 1 heterocycles. The van der Waals surface area contributed by atoms with Gasteiger partial charge < -0.3 is 25.0 Å². The van der Waals surface area contributed by atoms with Gasteiger partial charge >= 0.3 is 6.03 Å². The van der Waals surface area contributed by atoms with Gasteiger partial charge in [0, 0.05) is 31.1 Å². The van der Waals surface area contributed by atoms with Crippen LogP contribution >= 0.6 is 11.6 Å². The molecule has 3 rings (SSSR count). The molecule has 2 aromatic rings. The van der Waals surface area contributed by atoms with Gasteiger partial charge in [-0.2, -0.15) is 0 Å². The number of likely N-dealkylation sites (tertiary alicyclic amines) is 1. The quantitative estimate of drug-likeness (QED) is 0.660. The Balaban J connectivity index is 1.56. The summed E-state index contributed by atoms with van der Waals surface area (Å²) in [5.74, 6) is 0.936. The molecule has 1 saturated heterocycles. The Hall–Kier alpha value is -2.93. The summed E-state index contributed by atoms with van der Waals surface area (Å²) in [4.78, 5) is 27.3. The Kier molecular flexibility index (Phi) is 7.51. The lowest BCUT2D eigenvalue weighted by molar-refractivity contribution is -0.132. The van der Waals surface area contributed by atoms with Crippen molar-refractivity contribution < 1.29 is 19.1 Å². The molecule has 0 saturated carbocycles. The van der Waals surface area contributed by atoms with E-state index in [1.54, 1.807) is 17.0 Å². The van der Waals surface area contributed by atoms with Crippen LogP contribution in [0.1, 0.15) is 30.9 Å². The molecule has 1 aliphatic heterocycles. The zero-order chi connectivity index (χ0) is 23.3. The Morgan fingerprint density at radius 1 is 1.06 bits per heavy atom. The number of hydrogen-bond donors (Lipinski definition) is 2. The van der Waals surface area contributed by atoms with Crippen LogP contribution < -0.4 is 20.1 Å². The Labute approximate surface area is 194 Å². The highest BCUT2D eigenvalue weighted by Crippen LogP contribution is 2.36. The smallest absolute Gasteiger partial charge is 0.321 e. The Morgan fingerprint density at radius 2 is 1.69 bits per heavy atom. The number of nitrogens with zero attached hydrogens (tertiary/aromatic N) is 1. The summed E-state index contributed by atoms with van der Waals surface area (Å²) in [5.41, 5.74) is 2.21. The summed E-state index contributed by atoms with van der Waals surface area (Å²) >= 11 is 6.19. The molecule has 0 aliphatic carbocycles. The largest absolute Gasteiger partial charge is 0.495 e. The second-order valence-corrected chi connectivity index (χ2v) is 8.74. The molecule has 0 atom stereocenters. The average molecular weight is 460 g/mol. The van der Waals surface area contributed by atoms with Crippen LogP contribution in [-0.4, -0.2) is 44.1 Å². The highest BCUT2D eigenvalue weighted by atomic mass is 35.5. The first-order valence-electron chi connectivity index (χ1n) is 10.6. The molecule has 2 aromatic carbocycles. The number of aryl methyl sites for hydroxylation is 1. The molecule has 172 valence electrons. The van der Waals surface area contributed by atoms with Crippen molar-refractivity contribution in [3.8, 4) is 11.5 Å². The maximum absolute atomic E-state index is 12.8. The van der Waals surface area contributed by atoms with Gasteiger partial charge in [-0.15, -0.1) is 0 Å². The summed E-state index contributed by atoms with van der Waals surface area (Å²) in [6, 6.07) is 11.1. The Morgan fingerprint density at radius 3 is 2.28 bits per heavy atom. The fraction of sp³-hybridized carbons (Fsp3) is 0.417. The zero-order valence-corrected chi connectivity index (χ0v) is 19.7. The van der Waals surface area contributed by atoms with Crippen molar-refractivity contribution in [2.45, 2.75) is 33.2 Å². The van der Waals surface area contributed by atoms with E-state index in [0.29, 0.717) is 54.7 Å². The minimum Gasteiger partial charge on any atom is -0.495 e. The summed E-state index contributed by atoms with van der Waals surface area (Å²) < 4.78 is 10.5. The highest BCUT2D eigenvalue weighted by Gasteiger charge is 2.38. The van der Waals surface area contributed by atoms with E-state index < -0.39 is 5.41 Å². The van der Waals surface area contributed by atoms with Gasteiger partial charge in [0.2, 0.25) is 5.91 Å². The second kappa shape index (κ2) is 10.1. The van der Waals surface area contributed by atoms with E-state index in [0.717, 1.165) is 5.56 Å². The molecule has 8 heteroatoms. The number of benzene rings is 2. The molecular weight excluding hydrogens is 430 g/mol. The molecule has 1 fully saturated rings. The third-order valence-corrected chi connectivity index (χ3v) is 6.29. The number of ether oxygens (including phenoxy) is 2. The third-order valence-electron chi connectivity index (χ3n) is 5.99. The molecular formula is C24H30ClN3O4. The minimum absolute atomic E-state index is 0.0155. The zero-order valence-electron chi connectivity index (χ0n) is 19.0. The number of halogens is 1. The van der Waals surface area contributed by atoms with Crippen molar-refractivity contribution in [1.29, 1.82) is 0 Å². The SMILES string of the molecule is COc1cc(OC)c(NC(=O)N2CCC(C)(C(=O)NCc3ccc(C)cc3)CC2)cc1Cl. The van der Waals surface area contributed by atoms with Gasteiger partial charge in [0.1, 0.15) is 11.5 Å².